The fraction of sp³-hybridized carbons (Fsp3) is 0.882. The fourth-order valence-corrected chi connectivity index (χ4v) is 3.42. The van der Waals surface area contributed by atoms with E-state index in [1.54, 1.807) is 27.7 Å². The normalized spacial score (nSPS) is 14.4. The van der Waals surface area contributed by atoms with Gasteiger partial charge in [-0.3, -0.25) is 14.1 Å². The summed E-state index contributed by atoms with van der Waals surface area (Å²) in [5.41, 5.74) is 0. The van der Waals surface area contributed by atoms with Crippen molar-refractivity contribution in [3.63, 3.8) is 0 Å². The molecule has 1 N–H and O–H groups in total. The Kier molecular flexibility index (Phi) is 10.3. The van der Waals surface area contributed by atoms with Gasteiger partial charge in [0.1, 0.15) is 0 Å². The molecule has 25 heavy (non-hydrogen) atoms. The molecule has 0 saturated carbocycles. The highest BCUT2D eigenvalue weighted by Gasteiger charge is 2.53. The van der Waals surface area contributed by atoms with E-state index in [0.29, 0.717) is 12.8 Å². The predicted octanol–water partition coefficient (Wildman–Crippen LogP) is 3.27. The molecule has 0 saturated heterocycles. The van der Waals surface area contributed by atoms with Crippen LogP contribution in [-0.2, 0) is 29.2 Å². The Morgan fingerprint density at radius 2 is 1.48 bits per heavy atom. The molecule has 1 unspecified atom stereocenters. The van der Waals surface area contributed by atoms with Crippen molar-refractivity contribution in [1.82, 2.24) is 0 Å². The molecule has 7 nitrogen and oxygen atoms in total. The number of hydrogen-bond donors (Lipinski definition) is 1. The number of hydrogen-bond acceptors (Lipinski definition) is 6. The van der Waals surface area contributed by atoms with E-state index < -0.39 is 45.4 Å². The maximum atomic E-state index is 12.5. The Morgan fingerprint density at radius 1 is 0.960 bits per heavy atom. The van der Waals surface area contributed by atoms with Crippen molar-refractivity contribution in [3.8, 4) is 0 Å². The van der Waals surface area contributed by atoms with Crippen molar-refractivity contribution >= 4 is 22.1 Å². The van der Waals surface area contributed by atoms with E-state index in [4.69, 9.17) is 9.47 Å². The largest absolute Gasteiger partial charge is 0.463 e. The van der Waals surface area contributed by atoms with E-state index in [0.717, 1.165) is 19.3 Å². The van der Waals surface area contributed by atoms with Gasteiger partial charge in [0, 0.05) is 0 Å². The maximum Gasteiger partial charge on any atom is 0.330 e. The third-order valence-electron chi connectivity index (χ3n) is 3.69. The van der Waals surface area contributed by atoms with Crippen molar-refractivity contribution in [3.05, 3.63) is 0 Å². The zero-order valence-electron chi connectivity index (χ0n) is 15.9. The van der Waals surface area contributed by atoms with Gasteiger partial charge in [-0.25, -0.2) is 0 Å². The first-order valence-corrected chi connectivity index (χ1v) is 10.3. The van der Waals surface area contributed by atoms with Crippen molar-refractivity contribution in [2.24, 2.45) is 0 Å². The Bertz CT molecular complexity index is 525. The quantitative estimate of drug-likeness (QED) is 0.314. The summed E-state index contributed by atoms with van der Waals surface area (Å²) < 4.78 is 41.6. The van der Waals surface area contributed by atoms with Gasteiger partial charge in [-0.15, -0.1) is 0 Å². The molecule has 0 aromatic rings. The van der Waals surface area contributed by atoms with Gasteiger partial charge in [0.25, 0.3) is 10.1 Å². The summed E-state index contributed by atoms with van der Waals surface area (Å²) in [5.74, 6) is -1.97. The minimum atomic E-state index is -4.87. The summed E-state index contributed by atoms with van der Waals surface area (Å²) in [7, 11) is -4.87. The number of carbonyl (C=O) groups excluding carboxylic acids is 2. The highest BCUT2D eigenvalue weighted by atomic mass is 32.2. The van der Waals surface area contributed by atoms with Crippen LogP contribution in [0.5, 0.6) is 0 Å². The lowest BCUT2D eigenvalue weighted by atomic mass is 9.96. The number of rotatable bonds is 12. The molecular weight excluding hydrogens is 348 g/mol. The lowest BCUT2D eigenvalue weighted by Crippen LogP contribution is -2.50. The highest BCUT2D eigenvalue weighted by Crippen LogP contribution is 2.31. The minimum Gasteiger partial charge on any atom is -0.463 e. The Labute approximate surface area is 151 Å². The smallest absolute Gasteiger partial charge is 0.330 e. The van der Waals surface area contributed by atoms with Crippen LogP contribution in [0.25, 0.3) is 0 Å². The van der Waals surface area contributed by atoms with Gasteiger partial charge in [0.2, 0.25) is 4.75 Å². The number of esters is 2. The maximum absolute atomic E-state index is 12.5. The average molecular weight is 381 g/mol. The number of carbonyl (C=O) groups is 2. The van der Waals surface area contributed by atoms with Crippen LogP contribution in [-0.4, -0.2) is 41.9 Å². The number of unbranched alkanes of at least 4 members (excludes halogenated alkanes) is 4. The molecular formula is C17H32O7S. The van der Waals surface area contributed by atoms with E-state index in [-0.39, 0.29) is 6.42 Å². The molecule has 0 aliphatic carbocycles. The molecule has 0 aromatic carbocycles. The van der Waals surface area contributed by atoms with Crippen LogP contribution >= 0.6 is 0 Å². The topological polar surface area (TPSA) is 107 Å². The monoisotopic (exact) mass is 380 g/mol. The molecule has 0 aromatic heterocycles. The lowest BCUT2D eigenvalue weighted by molar-refractivity contribution is -0.158. The summed E-state index contributed by atoms with van der Waals surface area (Å²) in [5, 5.41) is 0. The first-order chi connectivity index (χ1) is 11.5. The van der Waals surface area contributed by atoms with Gasteiger partial charge < -0.3 is 9.47 Å². The third kappa shape index (κ3) is 8.18. The van der Waals surface area contributed by atoms with Crippen LogP contribution in [0.1, 0.15) is 79.6 Å². The molecule has 148 valence electrons. The van der Waals surface area contributed by atoms with Gasteiger partial charge in [0.05, 0.1) is 18.6 Å². The third-order valence-corrected chi connectivity index (χ3v) is 5.19. The van der Waals surface area contributed by atoms with E-state index >= 15 is 0 Å². The van der Waals surface area contributed by atoms with Crippen molar-refractivity contribution in [2.45, 2.75) is 96.5 Å². The predicted molar refractivity (Wildman–Crippen MR) is 94.7 cm³/mol. The van der Waals surface area contributed by atoms with Gasteiger partial charge in [-0.05, 0) is 34.1 Å². The summed E-state index contributed by atoms with van der Waals surface area (Å²) in [4.78, 5) is 24.5. The van der Waals surface area contributed by atoms with Crippen molar-refractivity contribution < 1.29 is 32.0 Å². The average Bonchev–Trinajstić information content (AvgIpc) is 2.42. The van der Waals surface area contributed by atoms with Crippen LogP contribution in [0.3, 0.4) is 0 Å². The van der Waals surface area contributed by atoms with Crippen LogP contribution in [0.4, 0.5) is 0 Å². The van der Waals surface area contributed by atoms with Gasteiger partial charge >= 0.3 is 11.9 Å². The Hall–Kier alpha value is -1.15. The Balaban J connectivity index is 5.51. The molecule has 0 fully saturated rings. The second kappa shape index (κ2) is 10.8. The van der Waals surface area contributed by atoms with E-state index in [1.165, 1.54) is 0 Å². The zero-order chi connectivity index (χ0) is 19.7. The van der Waals surface area contributed by atoms with Crippen LogP contribution in [0.2, 0.25) is 0 Å². The fourth-order valence-electron chi connectivity index (χ4n) is 2.46. The minimum absolute atomic E-state index is 0.186. The lowest BCUT2D eigenvalue weighted by Gasteiger charge is -2.29. The second-order valence-corrected chi connectivity index (χ2v) is 8.53. The number of ether oxygens (including phenoxy) is 2. The second-order valence-electron chi connectivity index (χ2n) is 6.80. The highest BCUT2D eigenvalue weighted by molar-refractivity contribution is 7.88. The van der Waals surface area contributed by atoms with Crippen LogP contribution in [0.15, 0.2) is 0 Å². The molecule has 8 heteroatoms. The van der Waals surface area contributed by atoms with Crippen molar-refractivity contribution in [2.75, 3.05) is 0 Å². The first-order valence-electron chi connectivity index (χ1n) is 8.84. The molecule has 0 aliphatic heterocycles. The van der Waals surface area contributed by atoms with Crippen LogP contribution in [0, 0.1) is 0 Å². The van der Waals surface area contributed by atoms with E-state index in [2.05, 4.69) is 0 Å². The summed E-state index contributed by atoms with van der Waals surface area (Å²) in [6.07, 6.45) is 1.98. The molecule has 0 aliphatic rings. The summed E-state index contributed by atoms with van der Waals surface area (Å²) in [6, 6.07) is 0. The molecule has 0 amide bonds. The zero-order valence-corrected chi connectivity index (χ0v) is 16.7. The summed E-state index contributed by atoms with van der Waals surface area (Å²) >= 11 is 0. The first kappa shape index (κ1) is 23.9. The molecule has 0 rings (SSSR count). The van der Waals surface area contributed by atoms with Gasteiger partial charge in [0.15, 0.2) is 0 Å². The standard InChI is InChI=1S/C17H32O7S/c1-6-7-8-9-10-11-17(25(20,21)22,16(19)24-14(4)5)12-15(18)23-13(2)3/h13-14H,6-12H2,1-5H3,(H,20,21,22). The van der Waals surface area contributed by atoms with Gasteiger partial charge in [-0.2, -0.15) is 8.42 Å². The molecule has 0 radical (unpaired) electrons. The van der Waals surface area contributed by atoms with Gasteiger partial charge in [-0.1, -0.05) is 39.0 Å². The summed E-state index contributed by atoms with van der Waals surface area (Å²) in [6.45, 7) is 8.42. The Morgan fingerprint density at radius 3 is 1.92 bits per heavy atom. The molecule has 1 atom stereocenters. The molecule has 0 spiro atoms. The SMILES string of the molecule is CCCCCCCC(CC(=O)OC(C)C)(C(=O)OC(C)C)S(=O)(=O)O. The van der Waals surface area contributed by atoms with Crippen molar-refractivity contribution in [1.29, 1.82) is 0 Å². The van der Waals surface area contributed by atoms with Crippen LogP contribution < -0.4 is 0 Å². The van der Waals surface area contributed by atoms with E-state index in [1.807, 2.05) is 6.92 Å². The molecule has 0 heterocycles. The molecule has 0 bridgehead atoms. The van der Waals surface area contributed by atoms with E-state index in [9.17, 15) is 22.6 Å².